The molecule has 1 aromatic rings. The van der Waals surface area contributed by atoms with Crippen LogP contribution in [0.4, 0.5) is 0 Å². The van der Waals surface area contributed by atoms with E-state index in [0.717, 1.165) is 12.2 Å². The highest BCUT2D eigenvalue weighted by molar-refractivity contribution is 8.16. The maximum Gasteiger partial charge on any atom is 0.330 e. The molecular weight excluding hydrogens is 376 g/mol. The highest BCUT2D eigenvalue weighted by atomic mass is 32.2. The van der Waals surface area contributed by atoms with Crippen LogP contribution in [0.5, 0.6) is 0 Å². The minimum atomic E-state index is -0.412. The number of hydrogen-bond acceptors (Lipinski definition) is 7. The zero-order valence-corrected chi connectivity index (χ0v) is 16.6. The van der Waals surface area contributed by atoms with E-state index in [-0.39, 0.29) is 4.58 Å². The molecule has 0 saturated heterocycles. The summed E-state index contributed by atoms with van der Waals surface area (Å²) in [5, 5.41) is 0. The molecule has 0 bridgehead atoms. The van der Waals surface area contributed by atoms with Gasteiger partial charge in [-0.15, -0.1) is 35.3 Å². The molecule has 25 heavy (non-hydrogen) atoms. The van der Waals surface area contributed by atoms with Gasteiger partial charge in [0.2, 0.25) is 0 Å². The topological polar surface area (TPSA) is 52.6 Å². The first-order chi connectivity index (χ1) is 12.1. The van der Waals surface area contributed by atoms with Crippen molar-refractivity contribution in [2.24, 2.45) is 0 Å². The summed E-state index contributed by atoms with van der Waals surface area (Å²) >= 11 is 5.07. The van der Waals surface area contributed by atoms with Gasteiger partial charge in [-0.25, -0.2) is 9.59 Å². The summed E-state index contributed by atoms with van der Waals surface area (Å²) in [7, 11) is 0. The van der Waals surface area contributed by atoms with Gasteiger partial charge in [0.15, 0.2) is 0 Å². The van der Waals surface area contributed by atoms with E-state index >= 15 is 0 Å². The fourth-order valence-electron chi connectivity index (χ4n) is 1.71. The van der Waals surface area contributed by atoms with Crippen LogP contribution in [0, 0.1) is 0 Å². The summed E-state index contributed by atoms with van der Waals surface area (Å²) in [5.74, 6) is 0.526. The Labute approximate surface area is 161 Å². The molecule has 0 unspecified atom stereocenters. The van der Waals surface area contributed by atoms with Crippen molar-refractivity contribution < 1.29 is 19.1 Å². The number of ether oxygens (including phenoxy) is 2. The Morgan fingerprint density at radius 3 is 1.88 bits per heavy atom. The number of benzene rings is 1. The number of hydrogen-bond donors (Lipinski definition) is 0. The molecule has 1 aromatic carbocycles. The monoisotopic (exact) mass is 398 g/mol. The summed E-state index contributed by atoms with van der Waals surface area (Å²) in [5.41, 5.74) is 1.18. The molecule has 4 nitrogen and oxygen atoms in total. The molecule has 0 aromatic heterocycles. The Balaban J connectivity index is 2.55. The van der Waals surface area contributed by atoms with Crippen LogP contribution in [0.25, 0.3) is 0 Å². The van der Waals surface area contributed by atoms with Crippen LogP contribution in [-0.2, 0) is 19.1 Å². The number of rotatable bonds is 12. The number of carbonyl (C=O) groups is 2. The van der Waals surface area contributed by atoms with E-state index in [2.05, 4.69) is 37.4 Å². The van der Waals surface area contributed by atoms with Crippen molar-refractivity contribution in [3.05, 3.63) is 55.1 Å². The van der Waals surface area contributed by atoms with Gasteiger partial charge in [0.05, 0.1) is 4.58 Å². The molecule has 0 heterocycles. The van der Waals surface area contributed by atoms with Gasteiger partial charge in [0, 0.05) is 28.6 Å². The van der Waals surface area contributed by atoms with Crippen molar-refractivity contribution in [1.29, 1.82) is 0 Å². The summed E-state index contributed by atoms with van der Waals surface area (Å²) in [6.07, 6.45) is 4.36. The summed E-state index contributed by atoms with van der Waals surface area (Å²) in [6, 6.07) is 8.37. The molecular formula is C18H22O4S3. The molecule has 0 N–H and O–H groups in total. The maximum absolute atomic E-state index is 11.1. The molecule has 1 rings (SSSR count). The van der Waals surface area contributed by atoms with Gasteiger partial charge in [0.1, 0.15) is 13.2 Å². The first-order valence-corrected chi connectivity index (χ1v) is 10.9. The van der Waals surface area contributed by atoms with Gasteiger partial charge < -0.3 is 9.47 Å². The van der Waals surface area contributed by atoms with Gasteiger partial charge in [-0.2, -0.15) is 0 Å². The quantitative estimate of drug-likeness (QED) is 0.171. The lowest BCUT2D eigenvalue weighted by Crippen LogP contribution is -2.06. The Bertz CT molecular complexity index is 544. The van der Waals surface area contributed by atoms with Gasteiger partial charge in [-0.3, -0.25) is 0 Å². The van der Waals surface area contributed by atoms with Crippen molar-refractivity contribution >= 4 is 47.2 Å². The van der Waals surface area contributed by atoms with E-state index in [9.17, 15) is 9.59 Å². The lowest BCUT2D eigenvalue weighted by atomic mass is 10.2. The van der Waals surface area contributed by atoms with Gasteiger partial charge >= 0.3 is 11.9 Å². The molecule has 0 fully saturated rings. The predicted octanol–water partition coefficient (Wildman–Crippen LogP) is 4.33. The Morgan fingerprint density at radius 1 is 1.00 bits per heavy atom. The van der Waals surface area contributed by atoms with E-state index in [0.29, 0.717) is 24.7 Å². The molecule has 0 aliphatic rings. The van der Waals surface area contributed by atoms with E-state index in [1.54, 1.807) is 35.3 Å². The summed E-state index contributed by atoms with van der Waals surface area (Å²) in [4.78, 5) is 23.4. The minimum Gasteiger partial charge on any atom is -0.462 e. The Kier molecular flexibility index (Phi) is 11.3. The molecule has 0 atom stereocenters. The summed E-state index contributed by atoms with van der Waals surface area (Å²) < 4.78 is 10.2. The molecule has 0 radical (unpaired) electrons. The fourth-order valence-corrected chi connectivity index (χ4v) is 4.57. The van der Waals surface area contributed by atoms with Crippen LogP contribution >= 0.6 is 35.3 Å². The van der Waals surface area contributed by atoms with Crippen molar-refractivity contribution in [3.63, 3.8) is 0 Å². The van der Waals surface area contributed by atoms with Crippen molar-refractivity contribution in [2.45, 2.75) is 9.48 Å². The van der Waals surface area contributed by atoms with Crippen LogP contribution in [0.15, 0.2) is 54.5 Å². The molecule has 0 spiro atoms. The SMILES string of the molecule is C=CC(=O)OCCSC(SCCOC(=O)C=C)c1ccc(SC)cc1. The first kappa shape index (κ1) is 21.7. The second kappa shape index (κ2) is 13.0. The number of thioether (sulfide) groups is 3. The molecule has 0 amide bonds. The highest BCUT2D eigenvalue weighted by Gasteiger charge is 2.13. The van der Waals surface area contributed by atoms with Crippen LogP contribution in [-0.4, -0.2) is 42.9 Å². The third-order valence-electron chi connectivity index (χ3n) is 2.92. The Morgan fingerprint density at radius 2 is 1.48 bits per heavy atom. The van der Waals surface area contributed by atoms with Crippen LogP contribution in [0.3, 0.4) is 0 Å². The number of esters is 2. The second-order valence-electron chi connectivity index (χ2n) is 4.59. The van der Waals surface area contributed by atoms with Crippen LogP contribution < -0.4 is 0 Å². The largest absolute Gasteiger partial charge is 0.462 e. The second-order valence-corrected chi connectivity index (χ2v) is 8.19. The molecule has 136 valence electrons. The number of carbonyl (C=O) groups excluding carboxylic acids is 2. The molecule has 0 saturated carbocycles. The van der Waals surface area contributed by atoms with E-state index in [4.69, 9.17) is 9.47 Å². The van der Waals surface area contributed by atoms with Gasteiger partial charge in [-0.1, -0.05) is 25.3 Å². The normalized spacial score (nSPS) is 10.3. The van der Waals surface area contributed by atoms with Crippen molar-refractivity contribution in [1.82, 2.24) is 0 Å². The minimum absolute atomic E-state index is 0.167. The summed E-state index contributed by atoms with van der Waals surface area (Å²) in [6.45, 7) is 7.42. The van der Waals surface area contributed by atoms with E-state index in [1.807, 2.05) is 6.26 Å². The third-order valence-corrected chi connectivity index (χ3v) is 6.43. The van der Waals surface area contributed by atoms with Crippen molar-refractivity contribution in [2.75, 3.05) is 31.0 Å². The Hall–Kier alpha value is -1.31. The smallest absolute Gasteiger partial charge is 0.330 e. The zero-order valence-electron chi connectivity index (χ0n) is 14.1. The van der Waals surface area contributed by atoms with E-state index in [1.165, 1.54) is 10.5 Å². The fraction of sp³-hybridized carbons (Fsp3) is 0.333. The van der Waals surface area contributed by atoms with E-state index < -0.39 is 11.9 Å². The van der Waals surface area contributed by atoms with Gasteiger partial charge in [0.25, 0.3) is 0 Å². The lowest BCUT2D eigenvalue weighted by Gasteiger charge is -2.17. The maximum atomic E-state index is 11.1. The van der Waals surface area contributed by atoms with Crippen LogP contribution in [0.1, 0.15) is 10.1 Å². The standard InChI is InChI=1S/C18H22O4S3/c1-4-16(19)21-10-12-24-18(25-13-11-22-17(20)5-2)14-6-8-15(23-3)9-7-14/h4-9,18H,1-2,10-13H2,3H3. The zero-order chi connectivity index (χ0) is 18.5. The lowest BCUT2D eigenvalue weighted by molar-refractivity contribution is -0.138. The predicted molar refractivity (Wildman–Crippen MR) is 108 cm³/mol. The molecule has 0 aliphatic heterocycles. The molecule has 7 heteroatoms. The average molecular weight is 399 g/mol. The molecule has 0 aliphatic carbocycles. The average Bonchev–Trinajstić information content (AvgIpc) is 2.66. The van der Waals surface area contributed by atoms with Crippen molar-refractivity contribution in [3.8, 4) is 0 Å². The highest BCUT2D eigenvalue weighted by Crippen LogP contribution is 2.39. The third kappa shape index (κ3) is 9.09. The van der Waals surface area contributed by atoms with Gasteiger partial charge in [-0.05, 0) is 24.0 Å². The first-order valence-electron chi connectivity index (χ1n) is 7.56. The van der Waals surface area contributed by atoms with Crippen LogP contribution in [0.2, 0.25) is 0 Å².